The van der Waals surface area contributed by atoms with E-state index >= 15 is 0 Å². The Morgan fingerprint density at radius 2 is 2.12 bits per heavy atom. The molecule has 0 spiro atoms. The fraction of sp³-hybridized carbons (Fsp3) is 0.700. The molecule has 0 aromatic carbocycles. The van der Waals surface area contributed by atoms with Crippen molar-refractivity contribution in [3.8, 4) is 5.88 Å². The molecule has 2 fully saturated rings. The number of hydrogen-bond donors (Lipinski definition) is 1. The van der Waals surface area contributed by atoms with Crippen LogP contribution in [-0.4, -0.2) is 67.8 Å². The minimum Gasteiger partial charge on any atom is -0.481 e. The lowest BCUT2D eigenvalue weighted by molar-refractivity contribution is -0.0433. The number of aliphatic imine (C=N–C) groups is 1. The van der Waals surface area contributed by atoms with Gasteiger partial charge in [-0.2, -0.15) is 0 Å². The summed E-state index contributed by atoms with van der Waals surface area (Å²) in [5, 5.41) is 3.51. The Hall–Kier alpha value is -1.66. The van der Waals surface area contributed by atoms with Crippen molar-refractivity contribution in [3.63, 3.8) is 0 Å². The first-order valence-corrected chi connectivity index (χ1v) is 9.79. The van der Waals surface area contributed by atoms with Crippen LogP contribution in [0.15, 0.2) is 23.2 Å². The van der Waals surface area contributed by atoms with Gasteiger partial charge in [0.05, 0.1) is 26.3 Å². The number of piperidine rings is 1. The van der Waals surface area contributed by atoms with E-state index in [0.717, 1.165) is 63.6 Å². The summed E-state index contributed by atoms with van der Waals surface area (Å²) in [4.78, 5) is 11.9. The molecule has 1 atom stereocenters. The highest BCUT2D eigenvalue weighted by Gasteiger charge is 2.23. The first-order chi connectivity index (χ1) is 12.6. The molecular formula is C20H32N4O2. The topological polar surface area (TPSA) is 59.0 Å². The van der Waals surface area contributed by atoms with Gasteiger partial charge in [-0.1, -0.05) is 6.07 Å². The SMILES string of the molecule is COc1cccc(C2CCN(CC(=NC[C@@H]3CCO3)NC(C)C)CC2)n1. The lowest BCUT2D eigenvalue weighted by Gasteiger charge is -2.32. The van der Waals surface area contributed by atoms with Crippen LogP contribution in [0.3, 0.4) is 0 Å². The Bertz CT molecular complexity index is 593. The Morgan fingerprint density at radius 1 is 1.35 bits per heavy atom. The van der Waals surface area contributed by atoms with Crippen LogP contribution in [0.2, 0.25) is 0 Å². The molecule has 3 rings (SSSR count). The van der Waals surface area contributed by atoms with E-state index in [0.29, 0.717) is 23.9 Å². The zero-order valence-corrected chi connectivity index (χ0v) is 16.3. The molecule has 0 unspecified atom stereocenters. The average Bonchev–Trinajstić information content (AvgIpc) is 2.60. The molecule has 3 heterocycles. The van der Waals surface area contributed by atoms with E-state index < -0.39 is 0 Å². The van der Waals surface area contributed by atoms with Crippen LogP contribution in [0, 0.1) is 0 Å². The molecule has 0 saturated carbocycles. The second-order valence-electron chi connectivity index (χ2n) is 7.52. The molecule has 1 aromatic rings. The van der Waals surface area contributed by atoms with Crippen LogP contribution in [0.5, 0.6) is 5.88 Å². The smallest absolute Gasteiger partial charge is 0.213 e. The third-order valence-electron chi connectivity index (χ3n) is 5.07. The predicted octanol–water partition coefficient (Wildman–Crippen LogP) is 2.46. The van der Waals surface area contributed by atoms with Crippen molar-refractivity contribution in [1.82, 2.24) is 15.2 Å². The number of methoxy groups -OCH3 is 1. The van der Waals surface area contributed by atoms with Gasteiger partial charge in [0.15, 0.2) is 0 Å². The molecule has 6 nitrogen and oxygen atoms in total. The van der Waals surface area contributed by atoms with E-state index in [-0.39, 0.29) is 0 Å². The van der Waals surface area contributed by atoms with Gasteiger partial charge in [0, 0.05) is 30.3 Å². The van der Waals surface area contributed by atoms with Crippen LogP contribution < -0.4 is 10.1 Å². The van der Waals surface area contributed by atoms with Gasteiger partial charge in [-0.25, -0.2) is 4.98 Å². The Balaban J connectivity index is 1.52. The number of aromatic nitrogens is 1. The van der Waals surface area contributed by atoms with E-state index in [4.69, 9.17) is 14.5 Å². The van der Waals surface area contributed by atoms with E-state index in [1.165, 1.54) is 0 Å². The molecule has 0 bridgehead atoms. The fourth-order valence-corrected chi connectivity index (χ4v) is 3.49. The minimum atomic E-state index is 0.323. The molecular weight excluding hydrogens is 328 g/mol. The van der Waals surface area contributed by atoms with E-state index in [9.17, 15) is 0 Å². The molecule has 2 aliphatic heterocycles. The quantitative estimate of drug-likeness (QED) is 0.598. The molecule has 0 amide bonds. The van der Waals surface area contributed by atoms with Crippen molar-refractivity contribution in [3.05, 3.63) is 23.9 Å². The standard InChI is InChI=1S/C20H32N4O2/c1-15(2)22-19(21-13-17-9-12-26-17)14-24-10-7-16(8-11-24)18-5-4-6-20(23-18)25-3/h4-6,15-17H,7-14H2,1-3H3,(H,21,22)/t17-/m0/s1. The summed E-state index contributed by atoms with van der Waals surface area (Å²) in [6.45, 7) is 9.03. The molecule has 1 N–H and O–H groups in total. The third kappa shape index (κ3) is 5.42. The van der Waals surface area contributed by atoms with Gasteiger partial charge in [0.1, 0.15) is 5.84 Å². The number of nitrogens with one attached hydrogen (secondary N) is 1. The predicted molar refractivity (Wildman–Crippen MR) is 104 cm³/mol. The Kier molecular flexibility index (Phi) is 6.86. The first-order valence-electron chi connectivity index (χ1n) is 9.79. The largest absolute Gasteiger partial charge is 0.481 e. The summed E-state index contributed by atoms with van der Waals surface area (Å²) in [7, 11) is 1.67. The minimum absolute atomic E-state index is 0.323. The van der Waals surface area contributed by atoms with Crippen LogP contribution >= 0.6 is 0 Å². The van der Waals surface area contributed by atoms with Gasteiger partial charge in [-0.3, -0.25) is 9.89 Å². The maximum atomic E-state index is 5.49. The van der Waals surface area contributed by atoms with E-state index in [2.05, 4.69) is 35.1 Å². The van der Waals surface area contributed by atoms with Crippen molar-refractivity contribution in [1.29, 1.82) is 0 Å². The molecule has 2 aliphatic rings. The number of likely N-dealkylation sites (tertiary alicyclic amines) is 1. The summed E-state index contributed by atoms with van der Waals surface area (Å²) in [6.07, 6.45) is 3.71. The van der Waals surface area contributed by atoms with Gasteiger partial charge < -0.3 is 14.8 Å². The van der Waals surface area contributed by atoms with Crippen molar-refractivity contribution < 1.29 is 9.47 Å². The Labute approximate surface area is 157 Å². The fourth-order valence-electron chi connectivity index (χ4n) is 3.49. The highest BCUT2D eigenvalue weighted by Crippen LogP contribution is 2.27. The van der Waals surface area contributed by atoms with Gasteiger partial charge in [0.25, 0.3) is 0 Å². The average molecular weight is 361 g/mol. The maximum absolute atomic E-state index is 5.49. The van der Waals surface area contributed by atoms with Crippen molar-refractivity contribution >= 4 is 5.84 Å². The first kappa shape index (κ1) is 19.1. The summed E-state index contributed by atoms with van der Waals surface area (Å²) in [5.74, 6) is 2.32. The number of ether oxygens (including phenoxy) is 2. The highest BCUT2D eigenvalue weighted by molar-refractivity contribution is 5.84. The molecule has 2 saturated heterocycles. The van der Waals surface area contributed by atoms with E-state index in [1.807, 2.05) is 12.1 Å². The second kappa shape index (κ2) is 9.33. The van der Waals surface area contributed by atoms with Gasteiger partial charge in [-0.15, -0.1) is 0 Å². The second-order valence-corrected chi connectivity index (χ2v) is 7.52. The zero-order valence-electron chi connectivity index (χ0n) is 16.3. The molecule has 6 heteroatoms. The van der Waals surface area contributed by atoms with Crippen LogP contribution in [-0.2, 0) is 4.74 Å². The maximum Gasteiger partial charge on any atom is 0.213 e. The number of amidine groups is 1. The normalized spacial score (nSPS) is 22.3. The summed E-state index contributed by atoms with van der Waals surface area (Å²) >= 11 is 0. The number of hydrogen-bond acceptors (Lipinski definition) is 5. The number of nitrogens with zero attached hydrogens (tertiary/aromatic N) is 3. The molecule has 144 valence electrons. The number of pyridine rings is 1. The third-order valence-corrected chi connectivity index (χ3v) is 5.07. The van der Waals surface area contributed by atoms with Crippen molar-refractivity contribution in [2.75, 3.05) is 39.9 Å². The Morgan fingerprint density at radius 3 is 2.73 bits per heavy atom. The van der Waals surface area contributed by atoms with E-state index in [1.54, 1.807) is 7.11 Å². The monoisotopic (exact) mass is 360 g/mol. The molecule has 1 aromatic heterocycles. The van der Waals surface area contributed by atoms with Gasteiger partial charge in [-0.05, 0) is 52.3 Å². The summed E-state index contributed by atoms with van der Waals surface area (Å²) < 4.78 is 10.8. The number of rotatable bonds is 7. The summed E-state index contributed by atoms with van der Waals surface area (Å²) in [6, 6.07) is 6.46. The van der Waals surface area contributed by atoms with Crippen LogP contribution in [0.4, 0.5) is 0 Å². The molecule has 26 heavy (non-hydrogen) atoms. The molecule has 0 aliphatic carbocycles. The lowest BCUT2D eigenvalue weighted by Crippen LogP contribution is -2.44. The molecule has 0 radical (unpaired) electrons. The highest BCUT2D eigenvalue weighted by atomic mass is 16.5. The summed E-state index contributed by atoms with van der Waals surface area (Å²) in [5.41, 5.74) is 1.15. The van der Waals surface area contributed by atoms with Crippen molar-refractivity contribution in [2.24, 2.45) is 4.99 Å². The zero-order chi connectivity index (χ0) is 18.4. The lowest BCUT2D eigenvalue weighted by atomic mass is 9.93. The van der Waals surface area contributed by atoms with Gasteiger partial charge in [0.2, 0.25) is 5.88 Å². The van der Waals surface area contributed by atoms with Crippen LogP contribution in [0.1, 0.15) is 44.7 Å². The van der Waals surface area contributed by atoms with Crippen molar-refractivity contribution in [2.45, 2.75) is 51.2 Å². The van der Waals surface area contributed by atoms with Crippen LogP contribution in [0.25, 0.3) is 0 Å². The van der Waals surface area contributed by atoms with Gasteiger partial charge >= 0.3 is 0 Å².